The Balaban J connectivity index is 2.82. The molecule has 0 bridgehead atoms. The van der Waals surface area contributed by atoms with Gasteiger partial charge in [-0.15, -0.1) is 0 Å². The summed E-state index contributed by atoms with van der Waals surface area (Å²) in [6, 6.07) is 4.65. The van der Waals surface area contributed by atoms with Gasteiger partial charge in [0.1, 0.15) is 6.04 Å². The molecule has 0 aliphatic heterocycles. The highest BCUT2D eigenvalue weighted by Gasteiger charge is 2.21. The standard InChI is InChI=1S/C11H12N2O5/c1-7(12-8(2)14)11(15)18-10-6-4-3-5-9(10)13(16)17/h3-7H,1-2H3,(H,12,14)/t7-/m0/s1. The Hall–Kier alpha value is -2.44. The minimum atomic E-state index is -0.873. The molecular formula is C11H12N2O5. The fraction of sp³-hybridized carbons (Fsp3) is 0.273. The first-order valence-electron chi connectivity index (χ1n) is 5.14. The van der Waals surface area contributed by atoms with E-state index in [1.807, 2.05) is 0 Å². The molecule has 0 fully saturated rings. The summed E-state index contributed by atoms with van der Waals surface area (Å²) in [6.45, 7) is 2.69. The van der Waals surface area contributed by atoms with E-state index in [2.05, 4.69) is 5.32 Å². The summed E-state index contributed by atoms with van der Waals surface area (Å²) in [5.41, 5.74) is -0.305. The van der Waals surface area contributed by atoms with E-state index in [1.165, 1.54) is 38.1 Å². The van der Waals surface area contributed by atoms with Gasteiger partial charge in [0, 0.05) is 13.0 Å². The van der Waals surface area contributed by atoms with Gasteiger partial charge in [-0.25, -0.2) is 4.79 Å². The van der Waals surface area contributed by atoms with Crippen molar-refractivity contribution in [3.63, 3.8) is 0 Å². The Morgan fingerprint density at radius 3 is 2.56 bits per heavy atom. The van der Waals surface area contributed by atoms with Crippen LogP contribution in [0.3, 0.4) is 0 Å². The fourth-order valence-electron chi connectivity index (χ4n) is 1.25. The molecule has 96 valence electrons. The van der Waals surface area contributed by atoms with E-state index >= 15 is 0 Å². The van der Waals surface area contributed by atoms with Crippen LogP contribution in [0.25, 0.3) is 0 Å². The summed E-state index contributed by atoms with van der Waals surface area (Å²) >= 11 is 0. The zero-order chi connectivity index (χ0) is 13.7. The number of esters is 1. The summed E-state index contributed by atoms with van der Waals surface area (Å²) in [5, 5.41) is 13.0. The second-order valence-corrected chi connectivity index (χ2v) is 3.57. The van der Waals surface area contributed by atoms with Gasteiger partial charge < -0.3 is 10.1 Å². The van der Waals surface area contributed by atoms with Gasteiger partial charge in [-0.1, -0.05) is 12.1 Å². The molecule has 7 nitrogen and oxygen atoms in total. The minimum Gasteiger partial charge on any atom is -0.418 e. The zero-order valence-corrected chi connectivity index (χ0v) is 9.88. The lowest BCUT2D eigenvalue weighted by molar-refractivity contribution is -0.385. The lowest BCUT2D eigenvalue weighted by Gasteiger charge is -2.11. The Kier molecular flexibility index (Phi) is 4.36. The van der Waals surface area contributed by atoms with Crippen molar-refractivity contribution in [3.8, 4) is 5.75 Å². The predicted molar refractivity (Wildman–Crippen MR) is 62.0 cm³/mol. The number of rotatable bonds is 4. The van der Waals surface area contributed by atoms with E-state index in [4.69, 9.17) is 4.74 Å². The van der Waals surface area contributed by atoms with Gasteiger partial charge in [0.05, 0.1) is 4.92 Å². The van der Waals surface area contributed by atoms with E-state index in [9.17, 15) is 19.7 Å². The molecular weight excluding hydrogens is 240 g/mol. The number of nitrogens with zero attached hydrogens (tertiary/aromatic N) is 1. The molecule has 0 aliphatic rings. The third kappa shape index (κ3) is 3.55. The zero-order valence-electron chi connectivity index (χ0n) is 9.88. The van der Waals surface area contributed by atoms with Gasteiger partial charge in [0.25, 0.3) is 0 Å². The van der Waals surface area contributed by atoms with E-state index in [1.54, 1.807) is 0 Å². The smallest absolute Gasteiger partial charge is 0.333 e. The van der Waals surface area contributed by atoms with Crippen LogP contribution in [0.1, 0.15) is 13.8 Å². The molecule has 0 unspecified atom stereocenters. The molecule has 1 N–H and O–H groups in total. The van der Waals surface area contributed by atoms with Crippen LogP contribution < -0.4 is 10.1 Å². The lowest BCUT2D eigenvalue weighted by atomic mass is 10.3. The van der Waals surface area contributed by atoms with Crippen LogP contribution in [0.15, 0.2) is 24.3 Å². The summed E-state index contributed by atoms with van der Waals surface area (Å²) < 4.78 is 4.87. The maximum Gasteiger partial charge on any atom is 0.333 e. The van der Waals surface area contributed by atoms with E-state index in [0.717, 1.165) is 0 Å². The summed E-state index contributed by atoms with van der Waals surface area (Å²) in [7, 11) is 0. The van der Waals surface area contributed by atoms with Crippen LogP contribution >= 0.6 is 0 Å². The monoisotopic (exact) mass is 252 g/mol. The maximum atomic E-state index is 11.6. The van der Waals surface area contributed by atoms with Gasteiger partial charge in [-0.05, 0) is 13.0 Å². The maximum absolute atomic E-state index is 11.6. The van der Waals surface area contributed by atoms with Crippen LogP contribution in [-0.4, -0.2) is 22.8 Å². The Morgan fingerprint density at radius 2 is 2.00 bits per heavy atom. The molecule has 18 heavy (non-hydrogen) atoms. The Bertz CT molecular complexity index is 486. The topological polar surface area (TPSA) is 98.5 Å². The number of carbonyl (C=O) groups is 2. The largest absolute Gasteiger partial charge is 0.418 e. The number of nitro groups is 1. The number of ether oxygens (including phenoxy) is 1. The second-order valence-electron chi connectivity index (χ2n) is 3.57. The van der Waals surface area contributed by atoms with Crippen molar-refractivity contribution in [2.24, 2.45) is 0 Å². The van der Waals surface area contributed by atoms with Crippen LogP contribution in [0.5, 0.6) is 5.75 Å². The number of benzene rings is 1. The molecule has 1 amide bonds. The normalized spacial score (nSPS) is 11.4. The van der Waals surface area contributed by atoms with Crippen LogP contribution in [0.4, 0.5) is 5.69 Å². The molecule has 0 saturated carbocycles. The number of hydrogen-bond donors (Lipinski definition) is 1. The molecule has 1 atom stereocenters. The Labute approximate surface area is 103 Å². The average Bonchev–Trinajstić information content (AvgIpc) is 2.28. The Morgan fingerprint density at radius 1 is 1.39 bits per heavy atom. The van der Waals surface area contributed by atoms with Gasteiger partial charge in [0.15, 0.2) is 0 Å². The number of hydrogen-bond acceptors (Lipinski definition) is 5. The van der Waals surface area contributed by atoms with Gasteiger partial charge >= 0.3 is 11.7 Å². The molecule has 0 aromatic heterocycles. The summed E-state index contributed by atoms with van der Waals surface area (Å²) in [6.07, 6.45) is 0. The van der Waals surface area contributed by atoms with Gasteiger partial charge in [-0.3, -0.25) is 14.9 Å². The number of carbonyl (C=O) groups excluding carboxylic acids is 2. The van der Waals surface area contributed by atoms with Gasteiger partial charge in [0.2, 0.25) is 11.7 Å². The van der Waals surface area contributed by atoms with Crippen molar-refractivity contribution in [3.05, 3.63) is 34.4 Å². The number of para-hydroxylation sites is 2. The molecule has 0 radical (unpaired) electrons. The third-order valence-electron chi connectivity index (χ3n) is 2.05. The van der Waals surface area contributed by atoms with E-state index in [-0.39, 0.29) is 17.3 Å². The number of amides is 1. The first-order valence-corrected chi connectivity index (χ1v) is 5.14. The van der Waals surface area contributed by atoms with E-state index < -0.39 is 16.9 Å². The molecule has 7 heteroatoms. The van der Waals surface area contributed by atoms with Crippen molar-refractivity contribution in [1.29, 1.82) is 0 Å². The molecule has 1 aromatic carbocycles. The quantitative estimate of drug-likeness (QED) is 0.373. The van der Waals surface area contributed by atoms with E-state index in [0.29, 0.717) is 0 Å². The van der Waals surface area contributed by atoms with Crippen LogP contribution in [0, 0.1) is 10.1 Å². The summed E-state index contributed by atoms with van der Waals surface area (Å²) in [5.74, 6) is -1.30. The fourth-order valence-corrected chi connectivity index (χ4v) is 1.25. The molecule has 0 saturated heterocycles. The molecule has 0 heterocycles. The molecule has 1 rings (SSSR count). The lowest BCUT2D eigenvalue weighted by Crippen LogP contribution is -2.39. The molecule has 0 spiro atoms. The van der Waals surface area contributed by atoms with Crippen molar-refractivity contribution in [2.45, 2.75) is 19.9 Å². The van der Waals surface area contributed by atoms with Crippen molar-refractivity contribution in [1.82, 2.24) is 5.32 Å². The van der Waals surface area contributed by atoms with Gasteiger partial charge in [-0.2, -0.15) is 0 Å². The van der Waals surface area contributed by atoms with Crippen molar-refractivity contribution >= 4 is 17.6 Å². The first kappa shape index (κ1) is 13.6. The highest BCUT2D eigenvalue weighted by molar-refractivity contribution is 5.84. The highest BCUT2D eigenvalue weighted by atomic mass is 16.6. The minimum absolute atomic E-state index is 0.148. The van der Waals surface area contributed by atoms with Crippen molar-refractivity contribution in [2.75, 3.05) is 0 Å². The SMILES string of the molecule is CC(=O)N[C@@H](C)C(=O)Oc1ccccc1[N+](=O)[O-]. The predicted octanol–water partition coefficient (Wildman–Crippen LogP) is 1.02. The number of nitro benzene ring substituents is 1. The number of nitrogens with one attached hydrogen (secondary N) is 1. The average molecular weight is 252 g/mol. The summed E-state index contributed by atoms with van der Waals surface area (Å²) in [4.78, 5) is 32.4. The van der Waals surface area contributed by atoms with Crippen LogP contribution in [-0.2, 0) is 9.59 Å². The molecule has 1 aromatic rings. The first-order chi connectivity index (χ1) is 8.41. The van der Waals surface area contributed by atoms with Crippen molar-refractivity contribution < 1.29 is 19.2 Å². The second kappa shape index (κ2) is 5.76. The third-order valence-corrected chi connectivity index (χ3v) is 2.05. The highest BCUT2D eigenvalue weighted by Crippen LogP contribution is 2.25. The molecule has 0 aliphatic carbocycles. The van der Waals surface area contributed by atoms with Crippen LogP contribution in [0.2, 0.25) is 0 Å².